The lowest BCUT2D eigenvalue weighted by Crippen LogP contribution is -2.26. The third kappa shape index (κ3) is 6.46. The van der Waals surface area contributed by atoms with Crippen molar-refractivity contribution < 1.29 is 33.3 Å². The van der Waals surface area contributed by atoms with E-state index in [1.54, 1.807) is 63.2 Å². The second-order valence-corrected chi connectivity index (χ2v) is 10.5. The molecule has 0 saturated carbocycles. The zero-order chi connectivity index (χ0) is 27.5. The monoisotopic (exact) mass is 528 g/mol. The van der Waals surface area contributed by atoms with E-state index in [9.17, 15) is 9.59 Å². The minimum absolute atomic E-state index is 0.113. The van der Waals surface area contributed by atoms with Gasteiger partial charge in [-0.2, -0.15) is 0 Å². The van der Waals surface area contributed by atoms with Gasteiger partial charge in [0.25, 0.3) is 0 Å². The summed E-state index contributed by atoms with van der Waals surface area (Å²) in [5, 5.41) is 1.28. The molecule has 3 aromatic carbocycles. The Bertz CT molecular complexity index is 1310. The molecule has 0 aromatic heterocycles. The smallest absolute Gasteiger partial charge is 0.347 e. The zero-order valence-corrected chi connectivity index (χ0v) is 23.2. The van der Waals surface area contributed by atoms with Gasteiger partial charge in [0.1, 0.15) is 11.3 Å². The fraction of sp³-hybridized carbons (Fsp3) is 0.379. The van der Waals surface area contributed by atoms with Crippen molar-refractivity contribution in [1.82, 2.24) is 0 Å². The molecular weight excluding hydrogens is 496 g/mol. The molecular formula is C29H33ClO7. The molecule has 0 aliphatic rings. The number of hydrogen-bond donors (Lipinski definition) is 0. The van der Waals surface area contributed by atoms with Gasteiger partial charge in [-0.1, -0.05) is 23.7 Å². The van der Waals surface area contributed by atoms with E-state index in [1.165, 1.54) is 7.11 Å². The quantitative estimate of drug-likeness (QED) is 0.225. The molecule has 0 aliphatic carbocycles. The van der Waals surface area contributed by atoms with Crippen molar-refractivity contribution in [2.45, 2.75) is 60.7 Å². The number of benzene rings is 3. The molecule has 0 radical (unpaired) electrons. The van der Waals surface area contributed by atoms with Crippen molar-refractivity contribution in [2.75, 3.05) is 7.11 Å². The molecule has 7 nitrogen and oxygen atoms in total. The Morgan fingerprint density at radius 3 is 1.89 bits per heavy atom. The van der Waals surface area contributed by atoms with Crippen LogP contribution in [0.15, 0.2) is 42.5 Å². The first-order valence-electron chi connectivity index (χ1n) is 12.0. The molecule has 0 fully saturated rings. The second-order valence-electron chi connectivity index (χ2n) is 10.1. The number of hydrogen-bond acceptors (Lipinski definition) is 7. The maximum Gasteiger partial charge on any atom is 0.347 e. The van der Waals surface area contributed by atoms with Gasteiger partial charge >= 0.3 is 11.9 Å². The highest BCUT2D eigenvalue weighted by atomic mass is 35.5. The molecule has 0 aliphatic heterocycles. The predicted octanol–water partition coefficient (Wildman–Crippen LogP) is 7.25. The Morgan fingerprint density at radius 1 is 0.784 bits per heavy atom. The van der Waals surface area contributed by atoms with Crippen molar-refractivity contribution in [3.8, 4) is 28.7 Å². The topological polar surface area (TPSA) is 80.3 Å². The van der Waals surface area contributed by atoms with E-state index < -0.39 is 17.4 Å². The van der Waals surface area contributed by atoms with Crippen molar-refractivity contribution in [3.63, 3.8) is 0 Å². The summed E-state index contributed by atoms with van der Waals surface area (Å²) in [6.07, 6.45) is -0.648. The molecule has 3 aromatic rings. The van der Waals surface area contributed by atoms with Crippen LogP contribution in [-0.2, 0) is 4.79 Å². The molecule has 37 heavy (non-hydrogen) atoms. The van der Waals surface area contributed by atoms with Crippen LogP contribution in [0, 0.1) is 5.41 Å². The van der Waals surface area contributed by atoms with E-state index in [1.807, 2.05) is 27.7 Å². The minimum Gasteiger partial charge on any atom is -0.496 e. The van der Waals surface area contributed by atoms with Crippen molar-refractivity contribution >= 4 is 34.3 Å². The van der Waals surface area contributed by atoms with Crippen molar-refractivity contribution in [1.29, 1.82) is 0 Å². The lowest BCUT2D eigenvalue weighted by molar-refractivity contribution is -0.143. The molecule has 0 amide bonds. The summed E-state index contributed by atoms with van der Waals surface area (Å²) in [4.78, 5) is 26.4. The Morgan fingerprint density at radius 2 is 1.35 bits per heavy atom. The fourth-order valence-corrected chi connectivity index (χ4v) is 3.62. The van der Waals surface area contributed by atoms with E-state index >= 15 is 0 Å². The summed E-state index contributed by atoms with van der Waals surface area (Å²) >= 11 is 6.36. The number of ether oxygens (including phenoxy) is 5. The summed E-state index contributed by atoms with van der Waals surface area (Å²) in [6.45, 7) is 12.6. The van der Waals surface area contributed by atoms with Gasteiger partial charge in [0.05, 0.1) is 24.7 Å². The maximum atomic E-state index is 13.4. The highest BCUT2D eigenvalue weighted by Gasteiger charge is 2.32. The Hall–Kier alpha value is -3.45. The molecule has 3 rings (SSSR count). The Labute approximate surface area is 222 Å². The summed E-state index contributed by atoms with van der Waals surface area (Å²) < 4.78 is 29.5. The van der Waals surface area contributed by atoms with Gasteiger partial charge in [-0.05, 0) is 78.8 Å². The molecule has 0 atom stereocenters. The fourth-order valence-electron chi connectivity index (χ4n) is 3.45. The highest BCUT2D eigenvalue weighted by Crippen LogP contribution is 2.53. The molecule has 198 valence electrons. The third-order valence-electron chi connectivity index (χ3n) is 5.13. The van der Waals surface area contributed by atoms with Gasteiger partial charge in [0, 0.05) is 15.8 Å². The van der Waals surface area contributed by atoms with Crippen LogP contribution >= 0.6 is 11.6 Å². The van der Waals surface area contributed by atoms with Gasteiger partial charge in [0.15, 0.2) is 11.5 Å². The van der Waals surface area contributed by atoms with Gasteiger partial charge in [-0.25, -0.2) is 4.79 Å². The predicted molar refractivity (Wildman–Crippen MR) is 144 cm³/mol. The number of carbonyl (C=O) groups excluding carboxylic acids is 2. The average molecular weight is 529 g/mol. The lowest BCUT2D eigenvalue weighted by Gasteiger charge is -2.25. The highest BCUT2D eigenvalue weighted by molar-refractivity contribution is 6.31. The third-order valence-corrected chi connectivity index (χ3v) is 5.36. The van der Waals surface area contributed by atoms with E-state index in [0.717, 1.165) is 0 Å². The van der Waals surface area contributed by atoms with Crippen molar-refractivity contribution in [2.24, 2.45) is 5.41 Å². The Balaban J connectivity index is 2.36. The molecule has 0 bridgehead atoms. The van der Waals surface area contributed by atoms with Crippen LogP contribution in [0.3, 0.4) is 0 Å². The van der Waals surface area contributed by atoms with Crippen LogP contribution in [0.5, 0.6) is 28.7 Å². The van der Waals surface area contributed by atoms with Crippen LogP contribution in [0.1, 0.15) is 58.8 Å². The van der Waals surface area contributed by atoms with Crippen molar-refractivity contribution in [3.05, 3.63) is 53.1 Å². The normalized spacial score (nSPS) is 11.5. The summed E-state index contributed by atoms with van der Waals surface area (Å²) in [5.74, 6) is -0.242. The van der Waals surface area contributed by atoms with Gasteiger partial charge in [-0.3, -0.25) is 4.79 Å². The number of rotatable bonds is 8. The van der Waals surface area contributed by atoms with Crippen LogP contribution in [0.4, 0.5) is 0 Å². The largest absolute Gasteiger partial charge is 0.496 e. The van der Waals surface area contributed by atoms with Crippen LogP contribution < -0.4 is 23.7 Å². The minimum atomic E-state index is -0.798. The van der Waals surface area contributed by atoms with E-state index in [-0.39, 0.29) is 40.8 Å². The summed E-state index contributed by atoms with van der Waals surface area (Å²) in [7, 11) is 1.48. The first-order valence-corrected chi connectivity index (χ1v) is 12.4. The maximum absolute atomic E-state index is 13.4. The first-order chi connectivity index (χ1) is 17.3. The van der Waals surface area contributed by atoms with E-state index in [0.29, 0.717) is 21.5 Å². The van der Waals surface area contributed by atoms with Crippen LogP contribution in [0.25, 0.3) is 10.8 Å². The molecule has 0 saturated heterocycles. The molecule has 0 spiro atoms. The number of fused-ring (bicyclic) bond motifs is 1. The molecule has 0 heterocycles. The molecule has 8 heteroatoms. The zero-order valence-electron chi connectivity index (χ0n) is 22.4. The Kier molecular flexibility index (Phi) is 8.59. The molecule has 0 unspecified atom stereocenters. The standard InChI is InChI=1S/C29H33ClO7/c1-16(2)34-25-23(36-27(31)20-11-9-10-12-22(20)33-8)19-14-13-18(30)15-21(19)24(26(25)35-17(3)4)37-28(32)29(5,6)7/h9-17H,1-8H3. The van der Waals surface area contributed by atoms with Gasteiger partial charge < -0.3 is 23.7 Å². The number of carbonyl (C=O) groups is 2. The van der Waals surface area contributed by atoms with Crippen LogP contribution in [-0.4, -0.2) is 31.3 Å². The van der Waals surface area contributed by atoms with E-state index in [2.05, 4.69) is 0 Å². The second kappa shape index (κ2) is 11.3. The summed E-state index contributed by atoms with van der Waals surface area (Å²) in [6, 6.07) is 11.7. The number of halogens is 1. The first kappa shape index (κ1) is 28.1. The summed E-state index contributed by atoms with van der Waals surface area (Å²) in [5.41, 5.74) is -0.564. The average Bonchev–Trinajstić information content (AvgIpc) is 2.81. The number of methoxy groups -OCH3 is 1. The molecule has 0 N–H and O–H groups in total. The van der Waals surface area contributed by atoms with Crippen LogP contribution in [0.2, 0.25) is 5.02 Å². The number of esters is 2. The number of para-hydroxylation sites is 1. The van der Waals surface area contributed by atoms with Gasteiger partial charge in [-0.15, -0.1) is 0 Å². The van der Waals surface area contributed by atoms with Gasteiger partial charge in [0.2, 0.25) is 11.5 Å². The lowest BCUT2D eigenvalue weighted by atomic mass is 9.97. The van der Waals surface area contributed by atoms with E-state index in [4.69, 9.17) is 35.3 Å². The SMILES string of the molecule is COc1ccccc1C(=O)Oc1c(OC(C)C)c(OC(C)C)c(OC(=O)C(C)(C)C)c2cc(Cl)ccc12.